The molecule has 1 atom stereocenters. The minimum absolute atomic E-state index is 0.160. The molecule has 0 bridgehead atoms. The van der Waals surface area contributed by atoms with Crippen molar-refractivity contribution in [2.24, 2.45) is 5.41 Å². The number of amides is 4. The van der Waals surface area contributed by atoms with Gasteiger partial charge in [0.15, 0.2) is 0 Å². The third-order valence-electron chi connectivity index (χ3n) is 7.02. The fourth-order valence-electron chi connectivity index (χ4n) is 5.19. The lowest BCUT2D eigenvalue weighted by Gasteiger charge is -2.54. The van der Waals surface area contributed by atoms with Gasteiger partial charge in [-0.05, 0) is 43.0 Å². The van der Waals surface area contributed by atoms with E-state index in [0.717, 1.165) is 37.2 Å². The molecule has 4 aliphatic rings. The number of carbonyl (C=O) groups is 4. The zero-order chi connectivity index (χ0) is 21.0. The Labute approximate surface area is 173 Å². The van der Waals surface area contributed by atoms with Gasteiger partial charge in [0.2, 0.25) is 11.8 Å². The van der Waals surface area contributed by atoms with E-state index in [1.54, 1.807) is 4.90 Å². The first kappa shape index (κ1) is 18.9. The number of carbonyl (C=O) groups excluding carboxylic acids is 3. The van der Waals surface area contributed by atoms with Crippen LogP contribution in [0.25, 0.3) is 0 Å². The molecule has 4 heterocycles. The molecule has 1 spiro atoms. The van der Waals surface area contributed by atoms with Crippen molar-refractivity contribution in [3.05, 3.63) is 29.3 Å². The summed E-state index contributed by atoms with van der Waals surface area (Å²) >= 11 is 0. The number of likely N-dealkylation sites (tertiary alicyclic amines) is 1. The molecule has 4 aliphatic heterocycles. The van der Waals surface area contributed by atoms with Gasteiger partial charge in [-0.25, -0.2) is 4.79 Å². The van der Waals surface area contributed by atoms with Crippen molar-refractivity contribution < 1.29 is 24.3 Å². The Balaban J connectivity index is 1.25. The summed E-state index contributed by atoms with van der Waals surface area (Å²) < 4.78 is 0. The topological polar surface area (TPSA) is 110 Å². The quantitative estimate of drug-likeness (QED) is 0.702. The van der Waals surface area contributed by atoms with E-state index >= 15 is 0 Å². The molecule has 158 valence electrons. The van der Waals surface area contributed by atoms with Crippen LogP contribution >= 0.6 is 0 Å². The SMILES string of the molecule is O=C1CCC(N2Cc3cc(N4CC5(CCN(C(=O)O)CC5)C4)ccc3C2=O)C(=O)N1. The Morgan fingerprint density at radius 2 is 1.87 bits per heavy atom. The average Bonchev–Trinajstić information content (AvgIpc) is 3.02. The lowest BCUT2D eigenvalue weighted by atomic mass is 9.72. The molecule has 1 aromatic carbocycles. The lowest BCUT2D eigenvalue weighted by Crippen LogP contribution is -2.61. The minimum Gasteiger partial charge on any atom is -0.465 e. The van der Waals surface area contributed by atoms with Gasteiger partial charge in [-0.1, -0.05) is 0 Å². The molecule has 30 heavy (non-hydrogen) atoms. The average molecular weight is 412 g/mol. The summed E-state index contributed by atoms with van der Waals surface area (Å²) in [6.07, 6.45) is 1.52. The number of imide groups is 1. The molecular formula is C21H24N4O5. The Morgan fingerprint density at radius 3 is 2.53 bits per heavy atom. The van der Waals surface area contributed by atoms with Crippen LogP contribution < -0.4 is 10.2 Å². The second kappa shape index (κ2) is 6.72. The fourth-order valence-corrected chi connectivity index (χ4v) is 5.19. The van der Waals surface area contributed by atoms with Crippen LogP contribution in [0.2, 0.25) is 0 Å². The molecule has 3 saturated heterocycles. The highest BCUT2D eigenvalue weighted by Crippen LogP contribution is 2.43. The van der Waals surface area contributed by atoms with Crippen LogP contribution in [0.15, 0.2) is 18.2 Å². The van der Waals surface area contributed by atoms with Gasteiger partial charge < -0.3 is 19.8 Å². The molecule has 1 unspecified atom stereocenters. The van der Waals surface area contributed by atoms with E-state index in [0.29, 0.717) is 31.6 Å². The second-order valence-corrected chi connectivity index (χ2v) is 8.87. The zero-order valence-electron chi connectivity index (χ0n) is 16.6. The molecule has 5 rings (SSSR count). The van der Waals surface area contributed by atoms with Gasteiger partial charge in [-0.2, -0.15) is 0 Å². The number of fused-ring (bicyclic) bond motifs is 1. The van der Waals surface area contributed by atoms with Gasteiger partial charge in [0.25, 0.3) is 5.91 Å². The van der Waals surface area contributed by atoms with Crippen LogP contribution in [0.5, 0.6) is 0 Å². The number of nitrogens with zero attached hydrogens (tertiary/aromatic N) is 3. The van der Waals surface area contributed by atoms with Crippen LogP contribution in [0.4, 0.5) is 10.5 Å². The van der Waals surface area contributed by atoms with Gasteiger partial charge >= 0.3 is 6.09 Å². The van der Waals surface area contributed by atoms with Crippen LogP contribution in [0.3, 0.4) is 0 Å². The van der Waals surface area contributed by atoms with E-state index in [2.05, 4.69) is 10.2 Å². The Morgan fingerprint density at radius 1 is 1.13 bits per heavy atom. The van der Waals surface area contributed by atoms with Crippen molar-refractivity contribution in [2.45, 2.75) is 38.3 Å². The van der Waals surface area contributed by atoms with E-state index in [1.807, 2.05) is 18.2 Å². The predicted molar refractivity (Wildman–Crippen MR) is 106 cm³/mol. The first-order valence-corrected chi connectivity index (χ1v) is 10.4. The molecule has 0 aliphatic carbocycles. The molecule has 2 N–H and O–H groups in total. The van der Waals surface area contributed by atoms with Gasteiger partial charge in [-0.3, -0.25) is 19.7 Å². The van der Waals surface area contributed by atoms with Crippen LogP contribution in [-0.2, 0) is 16.1 Å². The molecule has 0 saturated carbocycles. The molecular weight excluding hydrogens is 388 g/mol. The Bertz CT molecular complexity index is 945. The van der Waals surface area contributed by atoms with Crippen molar-refractivity contribution in [3.63, 3.8) is 0 Å². The van der Waals surface area contributed by atoms with Crippen LogP contribution in [0, 0.1) is 5.41 Å². The maximum Gasteiger partial charge on any atom is 0.407 e. The van der Waals surface area contributed by atoms with Crippen LogP contribution in [-0.4, -0.2) is 70.9 Å². The molecule has 0 aromatic heterocycles. The second-order valence-electron chi connectivity index (χ2n) is 8.87. The summed E-state index contributed by atoms with van der Waals surface area (Å²) in [5.74, 6) is -0.846. The molecule has 4 amide bonds. The van der Waals surface area contributed by atoms with E-state index in [1.165, 1.54) is 4.90 Å². The van der Waals surface area contributed by atoms with E-state index < -0.39 is 18.0 Å². The highest BCUT2D eigenvalue weighted by molar-refractivity contribution is 6.05. The first-order chi connectivity index (χ1) is 14.3. The van der Waals surface area contributed by atoms with E-state index in [9.17, 15) is 19.2 Å². The third kappa shape index (κ3) is 3.00. The van der Waals surface area contributed by atoms with Crippen molar-refractivity contribution >= 4 is 29.5 Å². The zero-order valence-corrected chi connectivity index (χ0v) is 16.6. The standard InChI is InChI=1S/C21H24N4O5/c26-17-4-3-16(18(27)22-17)25-10-13-9-14(1-2-15(13)19(25)28)24-11-21(12-24)5-7-23(8-6-21)20(29)30/h1-2,9,16H,3-8,10-12H2,(H,29,30)(H,22,26,27). The third-order valence-corrected chi connectivity index (χ3v) is 7.02. The summed E-state index contributed by atoms with van der Waals surface area (Å²) in [6.45, 7) is 3.33. The van der Waals surface area contributed by atoms with Gasteiger partial charge in [0, 0.05) is 55.8 Å². The number of hydrogen-bond acceptors (Lipinski definition) is 5. The molecule has 9 heteroatoms. The van der Waals surface area contributed by atoms with Gasteiger partial charge in [-0.15, -0.1) is 0 Å². The monoisotopic (exact) mass is 412 g/mol. The lowest BCUT2D eigenvalue weighted by molar-refractivity contribution is -0.136. The minimum atomic E-state index is -0.843. The normalized spacial score (nSPS) is 25.3. The van der Waals surface area contributed by atoms with Crippen molar-refractivity contribution in [2.75, 3.05) is 31.1 Å². The van der Waals surface area contributed by atoms with E-state index in [-0.39, 0.29) is 23.7 Å². The van der Waals surface area contributed by atoms with Gasteiger partial charge in [0.1, 0.15) is 6.04 Å². The Kier molecular flexibility index (Phi) is 4.23. The number of piperidine rings is 2. The number of carboxylic acid groups (broad SMARTS) is 1. The van der Waals surface area contributed by atoms with Crippen LogP contribution in [0.1, 0.15) is 41.6 Å². The summed E-state index contributed by atoms with van der Waals surface area (Å²) in [6, 6.07) is 5.21. The molecule has 1 aromatic rings. The predicted octanol–water partition coefficient (Wildman–Crippen LogP) is 1.03. The Hall–Kier alpha value is -3.10. The van der Waals surface area contributed by atoms with Gasteiger partial charge in [0.05, 0.1) is 0 Å². The highest BCUT2D eigenvalue weighted by atomic mass is 16.4. The number of rotatable bonds is 2. The fraction of sp³-hybridized carbons (Fsp3) is 0.524. The summed E-state index contributed by atoms with van der Waals surface area (Å²) in [4.78, 5) is 52.8. The number of benzene rings is 1. The smallest absolute Gasteiger partial charge is 0.407 e. The van der Waals surface area contributed by atoms with Crippen molar-refractivity contribution in [1.29, 1.82) is 0 Å². The highest BCUT2D eigenvalue weighted by Gasteiger charge is 2.46. The maximum absolute atomic E-state index is 12.8. The molecule has 3 fully saturated rings. The maximum atomic E-state index is 12.8. The van der Waals surface area contributed by atoms with E-state index in [4.69, 9.17) is 5.11 Å². The summed E-state index contributed by atoms with van der Waals surface area (Å²) in [7, 11) is 0. The summed E-state index contributed by atoms with van der Waals surface area (Å²) in [5.41, 5.74) is 2.76. The number of anilines is 1. The van der Waals surface area contributed by atoms with Crippen molar-refractivity contribution in [3.8, 4) is 0 Å². The summed E-state index contributed by atoms with van der Waals surface area (Å²) in [5, 5.41) is 11.5. The molecule has 0 radical (unpaired) electrons. The van der Waals surface area contributed by atoms with Crippen molar-refractivity contribution in [1.82, 2.24) is 15.1 Å². The number of hydrogen-bond donors (Lipinski definition) is 2. The number of nitrogens with one attached hydrogen (secondary N) is 1. The first-order valence-electron chi connectivity index (χ1n) is 10.4. The molecule has 9 nitrogen and oxygen atoms in total. The largest absolute Gasteiger partial charge is 0.465 e.